The van der Waals surface area contributed by atoms with Crippen molar-refractivity contribution < 1.29 is 5.11 Å². The molecule has 0 bridgehead atoms. The van der Waals surface area contributed by atoms with Crippen molar-refractivity contribution in [3.05, 3.63) is 16.9 Å². The van der Waals surface area contributed by atoms with E-state index in [1.165, 1.54) is 0 Å². The van der Waals surface area contributed by atoms with Crippen LogP contribution in [0.1, 0.15) is 32.4 Å². The van der Waals surface area contributed by atoms with Crippen molar-refractivity contribution >= 4 is 23.4 Å². The molecule has 16 heavy (non-hydrogen) atoms. The lowest BCUT2D eigenvalue weighted by atomic mass is 9.93. The number of hydrogen-bond acceptors (Lipinski definition) is 3. The van der Waals surface area contributed by atoms with Crippen LogP contribution in [0.3, 0.4) is 0 Å². The quantitative estimate of drug-likeness (QED) is 0.908. The van der Waals surface area contributed by atoms with Gasteiger partial charge in [0.05, 0.1) is 16.9 Å². The molecule has 0 aliphatic carbocycles. The number of aryl methyl sites for hydroxylation is 1. The average molecular weight is 261 g/mol. The van der Waals surface area contributed by atoms with Crippen LogP contribution in [0.15, 0.2) is 6.20 Å². The van der Waals surface area contributed by atoms with Gasteiger partial charge in [-0.3, -0.25) is 4.68 Å². The highest BCUT2D eigenvalue weighted by atomic mass is 35.5. The summed E-state index contributed by atoms with van der Waals surface area (Å²) in [5, 5.41) is 15.8. The van der Waals surface area contributed by atoms with Crippen molar-refractivity contribution in [3.8, 4) is 0 Å². The number of hydrogen-bond donors (Lipinski definition) is 1. The van der Waals surface area contributed by atoms with E-state index in [1.54, 1.807) is 18.0 Å². The minimum absolute atomic E-state index is 0.178. The fourth-order valence-corrected chi connectivity index (χ4v) is 3.81. The summed E-state index contributed by atoms with van der Waals surface area (Å²) in [7, 11) is 0. The van der Waals surface area contributed by atoms with Crippen molar-refractivity contribution in [2.24, 2.45) is 0 Å². The van der Waals surface area contributed by atoms with Gasteiger partial charge in [0, 0.05) is 11.8 Å². The molecule has 3 nitrogen and oxygen atoms in total. The number of aromatic nitrogens is 2. The predicted molar refractivity (Wildman–Crippen MR) is 68.0 cm³/mol. The first-order valence-electron chi connectivity index (χ1n) is 5.65. The fourth-order valence-electron chi connectivity index (χ4n) is 2.22. The van der Waals surface area contributed by atoms with Gasteiger partial charge < -0.3 is 5.11 Å². The van der Waals surface area contributed by atoms with Gasteiger partial charge in [-0.05, 0) is 18.6 Å². The van der Waals surface area contributed by atoms with Gasteiger partial charge in [0.25, 0.3) is 0 Å². The first-order chi connectivity index (χ1) is 7.59. The van der Waals surface area contributed by atoms with Crippen LogP contribution in [0.2, 0.25) is 5.02 Å². The molecule has 0 spiro atoms. The highest BCUT2D eigenvalue weighted by Gasteiger charge is 2.44. The molecule has 5 heteroatoms. The second-order valence-corrected chi connectivity index (χ2v) is 6.11. The molecule has 2 rings (SSSR count). The van der Waals surface area contributed by atoms with Crippen LogP contribution in [-0.2, 0) is 12.1 Å². The summed E-state index contributed by atoms with van der Waals surface area (Å²) in [5.74, 6) is 0.977. The van der Waals surface area contributed by atoms with Gasteiger partial charge in [0.1, 0.15) is 5.60 Å². The first-order valence-corrected chi connectivity index (χ1v) is 7.08. The van der Waals surface area contributed by atoms with E-state index in [-0.39, 0.29) is 5.25 Å². The summed E-state index contributed by atoms with van der Waals surface area (Å²) in [6, 6.07) is 0. The van der Waals surface area contributed by atoms with E-state index in [9.17, 15) is 5.11 Å². The molecule has 1 aromatic rings. The van der Waals surface area contributed by atoms with Gasteiger partial charge in [-0.2, -0.15) is 16.9 Å². The number of halogens is 1. The van der Waals surface area contributed by atoms with Crippen LogP contribution >= 0.6 is 23.4 Å². The summed E-state index contributed by atoms with van der Waals surface area (Å²) in [6.45, 7) is 4.95. The molecular formula is C11H17ClN2OS. The third-order valence-electron chi connectivity index (χ3n) is 3.16. The average Bonchev–Trinajstić information content (AvgIpc) is 2.74. The second kappa shape index (κ2) is 4.59. The van der Waals surface area contributed by atoms with Crippen LogP contribution in [0, 0.1) is 0 Å². The molecule has 1 N–H and O–H groups in total. The predicted octanol–water partition coefficient (Wildman–Crippen LogP) is 2.66. The Kier molecular flexibility index (Phi) is 3.52. The Balaban J connectivity index is 2.41. The monoisotopic (exact) mass is 260 g/mol. The Morgan fingerprint density at radius 2 is 2.50 bits per heavy atom. The van der Waals surface area contributed by atoms with Gasteiger partial charge in [-0.15, -0.1) is 0 Å². The molecule has 1 fully saturated rings. The number of aliphatic hydroxyl groups is 1. The lowest BCUT2D eigenvalue weighted by molar-refractivity contribution is 0.0333. The van der Waals surface area contributed by atoms with E-state index in [2.05, 4.69) is 18.9 Å². The van der Waals surface area contributed by atoms with Gasteiger partial charge in [-0.1, -0.05) is 25.4 Å². The molecule has 1 aromatic heterocycles. The van der Waals surface area contributed by atoms with Crippen LogP contribution in [0.4, 0.5) is 0 Å². The second-order valence-electron chi connectivity index (χ2n) is 4.25. The van der Waals surface area contributed by atoms with E-state index >= 15 is 0 Å². The zero-order valence-electron chi connectivity index (χ0n) is 9.61. The van der Waals surface area contributed by atoms with E-state index < -0.39 is 5.60 Å². The number of rotatable bonds is 3. The van der Waals surface area contributed by atoms with Crippen LogP contribution in [0.5, 0.6) is 0 Å². The maximum absolute atomic E-state index is 10.7. The van der Waals surface area contributed by atoms with Gasteiger partial charge in [-0.25, -0.2) is 0 Å². The smallest absolute Gasteiger partial charge is 0.120 e. The van der Waals surface area contributed by atoms with Crippen molar-refractivity contribution in [2.75, 3.05) is 5.75 Å². The van der Waals surface area contributed by atoms with E-state index in [0.29, 0.717) is 5.02 Å². The SMILES string of the molecule is CCCn1ncc(Cl)c1C1(O)CCSC1C. The zero-order valence-corrected chi connectivity index (χ0v) is 11.2. The maximum atomic E-state index is 10.7. The molecule has 2 heterocycles. The highest BCUT2D eigenvalue weighted by molar-refractivity contribution is 8.00. The molecule has 2 unspecified atom stereocenters. The molecule has 0 saturated carbocycles. The Hall–Kier alpha value is -0.190. The Labute approximate surface area is 105 Å². The van der Waals surface area contributed by atoms with E-state index in [0.717, 1.165) is 30.8 Å². The lowest BCUT2D eigenvalue weighted by Crippen LogP contribution is -2.34. The molecule has 0 aromatic carbocycles. The maximum Gasteiger partial charge on any atom is 0.120 e. The summed E-state index contributed by atoms with van der Waals surface area (Å²) < 4.78 is 1.85. The van der Waals surface area contributed by atoms with Crippen LogP contribution in [0.25, 0.3) is 0 Å². The molecule has 1 saturated heterocycles. The number of nitrogens with zero attached hydrogens (tertiary/aromatic N) is 2. The summed E-state index contributed by atoms with van der Waals surface area (Å²) in [5.41, 5.74) is -0.0125. The molecule has 1 aliphatic rings. The Morgan fingerprint density at radius 1 is 1.75 bits per heavy atom. The first kappa shape index (κ1) is 12.3. The third kappa shape index (κ3) is 1.87. The Morgan fingerprint density at radius 3 is 3.06 bits per heavy atom. The molecule has 0 amide bonds. The summed E-state index contributed by atoms with van der Waals surface area (Å²) in [4.78, 5) is 0. The molecule has 90 valence electrons. The zero-order chi connectivity index (χ0) is 11.8. The van der Waals surface area contributed by atoms with Crippen LogP contribution < -0.4 is 0 Å². The van der Waals surface area contributed by atoms with Crippen molar-refractivity contribution in [2.45, 2.75) is 44.1 Å². The van der Waals surface area contributed by atoms with E-state index in [1.807, 2.05) is 4.68 Å². The lowest BCUT2D eigenvalue weighted by Gasteiger charge is -2.28. The normalized spacial score (nSPS) is 29.9. The largest absolute Gasteiger partial charge is 0.382 e. The molecular weight excluding hydrogens is 244 g/mol. The summed E-state index contributed by atoms with van der Waals surface area (Å²) >= 11 is 7.95. The minimum atomic E-state index is -0.812. The van der Waals surface area contributed by atoms with Crippen LogP contribution in [-0.4, -0.2) is 25.9 Å². The Bertz CT molecular complexity index is 382. The fraction of sp³-hybridized carbons (Fsp3) is 0.727. The minimum Gasteiger partial charge on any atom is -0.382 e. The van der Waals surface area contributed by atoms with Gasteiger partial charge in [0.15, 0.2) is 0 Å². The third-order valence-corrected chi connectivity index (χ3v) is 4.77. The van der Waals surface area contributed by atoms with E-state index in [4.69, 9.17) is 11.6 Å². The van der Waals surface area contributed by atoms with Gasteiger partial charge in [0.2, 0.25) is 0 Å². The van der Waals surface area contributed by atoms with Crippen molar-refractivity contribution in [3.63, 3.8) is 0 Å². The topological polar surface area (TPSA) is 38.0 Å². The summed E-state index contributed by atoms with van der Waals surface area (Å²) in [6.07, 6.45) is 3.39. The number of thioether (sulfide) groups is 1. The molecule has 2 atom stereocenters. The van der Waals surface area contributed by atoms with Gasteiger partial charge >= 0.3 is 0 Å². The molecule has 0 radical (unpaired) electrons. The van der Waals surface area contributed by atoms with Crippen molar-refractivity contribution in [1.29, 1.82) is 0 Å². The molecule has 1 aliphatic heterocycles. The highest BCUT2D eigenvalue weighted by Crippen LogP contribution is 2.45. The van der Waals surface area contributed by atoms with Crippen molar-refractivity contribution in [1.82, 2.24) is 9.78 Å². The standard InChI is InChI=1S/C11H17ClN2OS/c1-3-5-14-10(9(12)7-13-14)11(15)4-6-16-8(11)2/h7-8,15H,3-6H2,1-2H3.